The molecule has 1 aliphatic heterocycles. The molecule has 7 nitrogen and oxygen atoms in total. The molecular formula is C21H21N3O4. The van der Waals surface area contributed by atoms with Crippen molar-refractivity contribution in [2.45, 2.75) is 19.3 Å². The number of carbonyl (C=O) groups is 1. The van der Waals surface area contributed by atoms with E-state index in [1.54, 1.807) is 12.0 Å². The van der Waals surface area contributed by atoms with Gasteiger partial charge in [0.25, 0.3) is 5.89 Å². The lowest BCUT2D eigenvalue weighted by atomic mass is 10.1. The minimum absolute atomic E-state index is 0.0271. The second-order valence-corrected chi connectivity index (χ2v) is 6.49. The fourth-order valence-corrected chi connectivity index (χ4v) is 3.34. The maximum Gasteiger partial charge on any atom is 0.261 e. The first-order valence-corrected chi connectivity index (χ1v) is 9.19. The zero-order chi connectivity index (χ0) is 19.5. The van der Waals surface area contributed by atoms with Crippen LogP contribution in [0.2, 0.25) is 0 Å². The van der Waals surface area contributed by atoms with Gasteiger partial charge in [0.2, 0.25) is 5.91 Å². The number of ether oxygens (including phenoxy) is 2. The summed E-state index contributed by atoms with van der Waals surface area (Å²) in [5, 5.41) is 4.13. The zero-order valence-corrected chi connectivity index (χ0v) is 15.8. The minimum atomic E-state index is -0.129. The fraction of sp³-hybridized carbons (Fsp3) is 0.286. The Labute approximate surface area is 162 Å². The van der Waals surface area contributed by atoms with Crippen LogP contribution < -0.4 is 14.4 Å². The fourth-order valence-electron chi connectivity index (χ4n) is 3.34. The first kappa shape index (κ1) is 18.0. The van der Waals surface area contributed by atoms with Crippen LogP contribution in [0.4, 0.5) is 5.69 Å². The van der Waals surface area contributed by atoms with Crippen molar-refractivity contribution in [1.29, 1.82) is 0 Å². The number of hydrogen-bond donors (Lipinski definition) is 0. The molecule has 2 aromatic carbocycles. The summed E-state index contributed by atoms with van der Waals surface area (Å²) in [4.78, 5) is 18.8. The Morgan fingerprint density at radius 2 is 2.07 bits per heavy atom. The van der Waals surface area contributed by atoms with Crippen molar-refractivity contribution in [3.63, 3.8) is 0 Å². The van der Waals surface area contributed by atoms with Gasteiger partial charge in [0.05, 0.1) is 19.3 Å². The van der Waals surface area contributed by atoms with E-state index in [1.165, 1.54) is 0 Å². The van der Waals surface area contributed by atoms with Gasteiger partial charge in [0, 0.05) is 30.6 Å². The first-order valence-electron chi connectivity index (χ1n) is 9.19. The number of hydrogen-bond acceptors (Lipinski definition) is 6. The van der Waals surface area contributed by atoms with Gasteiger partial charge in [0.15, 0.2) is 5.82 Å². The Morgan fingerprint density at radius 3 is 2.89 bits per heavy atom. The first-order chi connectivity index (χ1) is 13.7. The molecule has 28 heavy (non-hydrogen) atoms. The SMILES string of the molecule is CCOc1ccccc1-c1nc(C2CC(=O)N(c3cccc(OC)c3)C2)no1. The number of rotatable bonds is 6. The Balaban J connectivity index is 1.56. The van der Waals surface area contributed by atoms with Gasteiger partial charge in [-0.05, 0) is 31.2 Å². The molecule has 1 amide bonds. The third kappa shape index (κ3) is 3.43. The molecule has 1 atom stereocenters. The van der Waals surface area contributed by atoms with Gasteiger partial charge in [-0.1, -0.05) is 23.4 Å². The molecule has 0 saturated carbocycles. The molecule has 7 heteroatoms. The number of aromatic nitrogens is 2. The van der Waals surface area contributed by atoms with Crippen LogP contribution in [-0.4, -0.2) is 36.3 Å². The van der Waals surface area contributed by atoms with E-state index in [0.717, 1.165) is 11.3 Å². The van der Waals surface area contributed by atoms with Crippen LogP contribution in [-0.2, 0) is 4.79 Å². The summed E-state index contributed by atoms with van der Waals surface area (Å²) in [6.07, 6.45) is 0.337. The van der Waals surface area contributed by atoms with E-state index in [0.29, 0.717) is 42.8 Å². The number of methoxy groups -OCH3 is 1. The van der Waals surface area contributed by atoms with E-state index >= 15 is 0 Å². The van der Waals surface area contributed by atoms with E-state index < -0.39 is 0 Å². The van der Waals surface area contributed by atoms with Crippen LogP contribution in [0.25, 0.3) is 11.5 Å². The highest BCUT2D eigenvalue weighted by molar-refractivity contribution is 5.96. The smallest absolute Gasteiger partial charge is 0.261 e. The largest absolute Gasteiger partial charge is 0.497 e. The molecule has 2 heterocycles. The number of benzene rings is 2. The van der Waals surface area contributed by atoms with Gasteiger partial charge < -0.3 is 18.9 Å². The highest BCUT2D eigenvalue weighted by Crippen LogP contribution is 2.34. The topological polar surface area (TPSA) is 77.7 Å². The predicted octanol–water partition coefficient (Wildman–Crippen LogP) is 3.66. The lowest BCUT2D eigenvalue weighted by molar-refractivity contribution is -0.117. The second kappa shape index (κ2) is 7.72. The number of para-hydroxylation sites is 1. The molecule has 0 N–H and O–H groups in total. The van der Waals surface area contributed by atoms with Crippen LogP contribution in [0.5, 0.6) is 11.5 Å². The minimum Gasteiger partial charge on any atom is -0.497 e. The van der Waals surface area contributed by atoms with Gasteiger partial charge in [-0.2, -0.15) is 4.98 Å². The van der Waals surface area contributed by atoms with Gasteiger partial charge in [-0.3, -0.25) is 4.79 Å². The van der Waals surface area contributed by atoms with Crippen molar-refractivity contribution < 1.29 is 18.8 Å². The van der Waals surface area contributed by atoms with Crippen LogP contribution in [0, 0.1) is 0 Å². The molecule has 0 radical (unpaired) electrons. The van der Waals surface area contributed by atoms with Crippen molar-refractivity contribution in [3.8, 4) is 23.0 Å². The number of anilines is 1. The Bertz CT molecular complexity index is 985. The molecule has 3 aromatic rings. The predicted molar refractivity (Wildman–Crippen MR) is 104 cm³/mol. The van der Waals surface area contributed by atoms with Crippen molar-refractivity contribution in [2.24, 2.45) is 0 Å². The molecular weight excluding hydrogens is 358 g/mol. The zero-order valence-electron chi connectivity index (χ0n) is 15.8. The van der Waals surface area contributed by atoms with Crippen LogP contribution in [0.15, 0.2) is 53.1 Å². The standard InChI is InChI=1S/C21H21N3O4/c1-3-27-18-10-5-4-9-17(18)21-22-20(23-28-21)14-11-19(25)24(13-14)15-7-6-8-16(12-15)26-2/h4-10,12,14H,3,11,13H2,1-2H3. The van der Waals surface area contributed by atoms with Crippen molar-refractivity contribution in [3.05, 3.63) is 54.4 Å². The number of amides is 1. The molecule has 0 aliphatic carbocycles. The molecule has 1 fully saturated rings. The number of nitrogens with zero attached hydrogens (tertiary/aromatic N) is 3. The summed E-state index contributed by atoms with van der Waals surface area (Å²) in [6, 6.07) is 15.0. The summed E-state index contributed by atoms with van der Waals surface area (Å²) in [5.74, 6) is 2.23. The van der Waals surface area contributed by atoms with Gasteiger partial charge in [-0.15, -0.1) is 0 Å². The van der Waals surface area contributed by atoms with E-state index in [1.807, 2.05) is 55.5 Å². The summed E-state index contributed by atoms with van der Waals surface area (Å²) in [7, 11) is 1.61. The van der Waals surface area contributed by atoms with Crippen molar-refractivity contribution in [2.75, 3.05) is 25.2 Å². The molecule has 1 unspecified atom stereocenters. The molecule has 144 valence electrons. The summed E-state index contributed by atoms with van der Waals surface area (Å²) in [5.41, 5.74) is 1.55. The molecule has 0 spiro atoms. The van der Waals surface area contributed by atoms with E-state index in [-0.39, 0.29) is 11.8 Å². The van der Waals surface area contributed by atoms with Gasteiger partial charge in [0.1, 0.15) is 11.5 Å². The summed E-state index contributed by atoms with van der Waals surface area (Å²) in [6.45, 7) is 2.97. The van der Waals surface area contributed by atoms with Gasteiger partial charge in [-0.25, -0.2) is 0 Å². The molecule has 0 bridgehead atoms. The normalized spacial score (nSPS) is 16.4. The van der Waals surface area contributed by atoms with Gasteiger partial charge >= 0.3 is 0 Å². The Morgan fingerprint density at radius 1 is 1.21 bits per heavy atom. The highest BCUT2D eigenvalue weighted by Gasteiger charge is 2.35. The molecule has 1 saturated heterocycles. The van der Waals surface area contributed by atoms with Crippen molar-refractivity contribution >= 4 is 11.6 Å². The Kier molecular flexibility index (Phi) is 4.97. The van der Waals surface area contributed by atoms with E-state index in [4.69, 9.17) is 14.0 Å². The third-order valence-corrected chi connectivity index (χ3v) is 4.71. The van der Waals surface area contributed by atoms with E-state index in [9.17, 15) is 4.79 Å². The summed E-state index contributed by atoms with van der Waals surface area (Å²) >= 11 is 0. The third-order valence-electron chi connectivity index (χ3n) is 4.71. The van der Waals surface area contributed by atoms with Crippen LogP contribution in [0.3, 0.4) is 0 Å². The second-order valence-electron chi connectivity index (χ2n) is 6.49. The lowest BCUT2D eigenvalue weighted by Gasteiger charge is -2.16. The summed E-state index contributed by atoms with van der Waals surface area (Å²) < 4.78 is 16.4. The highest BCUT2D eigenvalue weighted by atomic mass is 16.5. The van der Waals surface area contributed by atoms with E-state index in [2.05, 4.69) is 10.1 Å². The molecule has 4 rings (SSSR count). The lowest BCUT2D eigenvalue weighted by Crippen LogP contribution is -2.24. The number of carbonyl (C=O) groups excluding carboxylic acids is 1. The molecule has 1 aromatic heterocycles. The average Bonchev–Trinajstić information content (AvgIpc) is 3.36. The quantitative estimate of drug-likeness (QED) is 0.650. The monoisotopic (exact) mass is 379 g/mol. The maximum absolute atomic E-state index is 12.6. The van der Waals surface area contributed by atoms with Crippen LogP contribution in [0.1, 0.15) is 25.1 Å². The maximum atomic E-state index is 12.6. The Hall–Kier alpha value is -3.35. The molecule has 1 aliphatic rings. The van der Waals surface area contributed by atoms with Crippen LogP contribution >= 0.6 is 0 Å². The average molecular weight is 379 g/mol. The van der Waals surface area contributed by atoms with Crippen molar-refractivity contribution in [1.82, 2.24) is 10.1 Å².